The molecule has 1 aromatic heterocycles. The number of carboxylic acid groups (broad SMARTS) is 1. The number of benzene rings is 2. The lowest BCUT2D eigenvalue weighted by Crippen LogP contribution is -2.59. The topological polar surface area (TPSA) is 87.9 Å². The second-order valence-corrected chi connectivity index (χ2v) is 9.43. The summed E-state index contributed by atoms with van der Waals surface area (Å²) in [5, 5.41) is 9.60. The number of carbonyl (C=O) groups is 2. The van der Waals surface area contributed by atoms with Crippen molar-refractivity contribution in [1.82, 2.24) is 19.4 Å². The van der Waals surface area contributed by atoms with E-state index in [0.717, 1.165) is 28.4 Å². The minimum absolute atomic E-state index is 0.00593. The first kappa shape index (κ1) is 25.4. The Bertz CT molecular complexity index is 1430. The summed E-state index contributed by atoms with van der Waals surface area (Å²) in [5.41, 5.74) is 2.79. The van der Waals surface area contributed by atoms with Crippen LogP contribution in [0.2, 0.25) is 0 Å². The molecule has 2 aliphatic heterocycles. The highest BCUT2D eigenvalue weighted by Gasteiger charge is 2.43. The van der Waals surface area contributed by atoms with Gasteiger partial charge >= 0.3 is 6.09 Å². The van der Waals surface area contributed by atoms with Gasteiger partial charge in [0.15, 0.2) is 17.5 Å². The molecule has 3 aromatic rings. The molecule has 198 valence electrons. The molecular formula is C27H25F3N4O4. The Morgan fingerprint density at radius 1 is 1.16 bits per heavy atom. The second-order valence-electron chi connectivity index (χ2n) is 9.43. The van der Waals surface area contributed by atoms with Gasteiger partial charge in [-0.15, -0.1) is 0 Å². The van der Waals surface area contributed by atoms with E-state index in [0.29, 0.717) is 29.7 Å². The molecule has 0 unspecified atom stereocenters. The SMILES string of the molecule is COc1cc(C=C2CC[C@H]3CN(C(=O)O)C[C@@H](c4cc(F)c(F)c(F)c4)N3C2=O)ccc1-n1cnc(C)c1. The molecule has 0 spiro atoms. The molecule has 0 saturated carbocycles. The smallest absolute Gasteiger partial charge is 0.407 e. The maximum Gasteiger partial charge on any atom is 0.407 e. The lowest BCUT2D eigenvalue weighted by Gasteiger charge is -2.48. The molecule has 5 rings (SSSR count). The van der Waals surface area contributed by atoms with Crippen molar-refractivity contribution in [3.8, 4) is 11.4 Å². The third-order valence-corrected chi connectivity index (χ3v) is 7.01. The Morgan fingerprint density at radius 3 is 2.53 bits per heavy atom. The van der Waals surface area contributed by atoms with Crippen molar-refractivity contribution in [2.24, 2.45) is 0 Å². The van der Waals surface area contributed by atoms with Crippen LogP contribution >= 0.6 is 0 Å². The number of piperidine rings is 1. The summed E-state index contributed by atoms with van der Waals surface area (Å²) in [5.74, 6) is -4.21. The number of imidazole rings is 1. The number of aryl methyl sites for hydroxylation is 1. The van der Waals surface area contributed by atoms with E-state index in [4.69, 9.17) is 4.74 Å². The van der Waals surface area contributed by atoms with Crippen LogP contribution in [-0.4, -0.2) is 62.7 Å². The highest BCUT2D eigenvalue weighted by Crippen LogP contribution is 2.38. The number of hydrogen-bond acceptors (Lipinski definition) is 4. The van der Waals surface area contributed by atoms with Gasteiger partial charge < -0.3 is 24.2 Å². The van der Waals surface area contributed by atoms with Gasteiger partial charge in [-0.25, -0.2) is 22.9 Å². The van der Waals surface area contributed by atoms with E-state index in [9.17, 15) is 27.9 Å². The monoisotopic (exact) mass is 526 g/mol. The largest absolute Gasteiger partial charge is 0.495 e. The third kappa shape index (κ3) is 4.59. The predicted molar refractivity (Wildman–Crippen MR) is 131 cm³/mol. The minimum atomic E-state index is -1.62. The normalized spacial score (nSPS) is 20.6. The zero-order valence-electron chi connectivity index (χ0n) is 20.7. The van der Waals surface area contributed by atoms with Crippen molar-refractivity contribution >= 4 is 18.1 Å². The summed E-state index contributed by atoms with van der Waals surface area (Å²) >= 11 is 0. The number of aromatic nitrogens is 2. The number of amides is 2. The fraction of sp³-hybridized carbons (Fsp3) is 0.296. The molecule has 2 atom stereocenters. The first-order valence-corrected chi connectivity index (χ1v) is 12.0. The Hall–Kier alpha value is -4.28. The van der Waals surface area contributed by atoms with Crippen molar-refractivity contribution in [3.63, 3.8) is 0 Å². The van der Waals surface area contributed by atoms with E-state index in [-0.39, 0.29) is 24.6 Å². The highest BCUT2D eigenvalue weighted by atomic mass is 19.2. The Morgan fingerprint density at radius 2 is 1.89 bits per heavy atom. The lowest BCUT2D eigenvalue weighted by atomic mass is 9.89. The standard InChI is InChI=1S/C27H25F3N4O4/c1-15-11-33(14-31-15)22-6-3-16(8-24(22)38-2)7-17-4-5-19-12-32(27(36)37)13-23(34(19)26(17)35)18-9-20(28)25(30)21(29)10-18/h3,6-11,14,19,23H,4-5,12-13H2,1-2H3,(H,36,37)/t19-,23-/m0/s1. The number of fused-ring (bicyclic) bond motifs is 1. The van der Waals surface area contributed by atoms with Crippen LogP contribution in [0.3, 0.4) is 0 Å². The van der Waals surface area contributed by atoms with Crippen molar-refractivity contribution in [2.75, 3.05) is 20.2 Å². The van der Waals surface area contributed by atoms with Crippen LogP contribution in [0.25, 0.3) is 11.8 Å². The van der Waals surface area contributed by atoms with Crippen LogP contribution in [0.5, 0.6) is 5.75 Å². The van der Waals surface area contributed by atoms with Gasteiger partial charge in [-0.05, 0) is 61.2 Å². The van der Waals surface area contributed by atoms with Gasteiger partial charge in [0.05, 0.1) is 36.9 Å². The molecule has 2 amide bonds. The van der Waals surface area contributed by atoms with Crippen LogP contribution in [0, 0.1) is 24.4 Å². The van der Waals surface area contributed by atoms with Crippen molar-refractivity contribution in [2.45, 2.75) is 31.8 Å². The van der Waals surface area contributed by atoms with Crippen LogP contribution in [-0.2, 0) is 4.79 Å². The molecule has 2 saturated heterocycles. The number of halogens is 3. The summed E-state index contributed by atoms with van der Waals surface area (Å²) in [6.07, 6.45) is 4.90. The first-order valence-electron chi connectivity index (χ1n) is 12.0. The molecule has 3 heterocycles. The average molecular weight is 527 g/mol. The molecule has 8 nitrogen and oxygen atoms in total. The van der Waals surface area contributed by atoms with Gasteiger partial charge in [0.1, 0.15) is 5.75 Å². The third-order valence-electron chi connectivity index (χ3n) is 7.01. The van der Waals surface area contributed by atoms with Gasteiger partial charge in [-0.3, -0.25) is 4.79 Å². The maximum atomic E-state index is 14.1. The van der Waals surface area contributed by atoms with Gasteiger partial charge in [0, 0.05) is 24.9 Å². The number of piperazine rings is 1. The van der Waals surface area contributed by atoms with Crippen LogP contribution in [0.4, 0.5) is 18.0 Å². The minimum Gasteiger partial charge on any atom is -0.495 e. The maximum absolute atomic E-state index is 14.1. The molecule has 1 N–H and O–H groups in total. The van der Waals surface area contributed by atoms with E-state index in [1.165, 1.54) is 4.90 Å². The second kappa shape index (κ2) is 9.88. The molecule has 38 heavy (non-hydrogen) atoms. The summed E-state index contributed by atoms with van der Waals surface area (Å²) in [6.45, 7) is 1.76. The zero-order chi connectivity index (χ0) is 27.1. The van der Waals surface area contributed by atoms with E-state index >= 15 is 0 Å². The van der Waals surface area contributed by atoms with Gasteiger partial charge in [0.2, 0.25) is 0 Å². The van der Waals surface area contributed by atoms with E-state index in [2.05, 4.69) is 4.98 Å². The van der Waals surface area contributed by atoms with E-state index < -0.39 is 35.6 Å². The number of ether oxygens (including phenoxy) is 1. The number of hydrogen-bond donors (Lipinski definition) is 1. The van der Waals surface area contributed by atoms with Gasteiger partial charge in [-0.2, -0.15) is 0 Å². The van der Waals surface area contributed by atoms with Gasteiger partial charge in [-0.1, -0.05) is 6.07 Å². The van der Waals surface area contributed by atoms with Crippen LogP contribution in [0.15, 0.2) is 48.4 Å². The average Bonchev–Trinajstić information content (AvgIpc) is 3.33. The summed E-state index contributed by atoms with van der Waals surface area (Å²) in [4.78, 5) is 32.3. The molecular weight excluding hydrogens is 501 g/mol. The van der Waals surface area contributed by atoms with Crippen LogP contribution < -0.4 is 4.74 Å². The number of methoxy groups -OCH3 is 1. The number of rotatable bonds is 4. The summed E-state index contributed by atoms with van der Waals surface area (Å²) in [7, 11) is 1.55. The molecule has 2 fully saturated rings. The lowest BCUT2D eigenvalue weighted by molar-refractivity contribution is -0.138. The molecule has 2 aromatic carbocycles. The number of nitrogens with zero attached hydrogens (tertiary/aromatic N) is 4. The van der Waals surface area contributed by atoms with Crippen molar-refractivity contribution in [3.05, 3.63) is 82.7 Å². The summed E-state index contributed by atoms with van der Waals surface area (Å²) in [6, 6.07) is 5.64. The fourth-order valence-corrected chi connectivity index (χ4v) is 5.18. The molecule has 0 aliphatic carbocycles. The fourth-order valence-electron chi connectivity index (χ4n) is 5.18. The van der Waals surface area contributed by atoms with Crippen LogP contribution in [0.1, 0.15) is 35.7 Å². The summed E-state index contributed by atoms with van der Waals surface area (Å²) < 4.78 is 49.2. The Balaban J connectivity index is 1.49. The Kier molecular flexibility index (Phi) is 6.60. The zero-order valence-corrected chi connectivity index (χ0v) is 20.7. The predicted octanol–water partition coefficient (Wildman–Crippen LogP) is 4.72. The van der Waals surface area contributed by atoms with E-state index in [1.807, 2.05) is 29.8 Å². The first-order chi connectivity index (χ1) is 18.2. The quantitative estimate of drug-likeness (QED) is 0.393. The number of carbonyl (C=O) groups excluding carboxylic acids is 1. The molecule has 2 aliphatic rings. The van der Waals surface area contributed by atoms with Gasteiger partial charge in [0.25, 0.3) is 5.91 Å². The van der Waals surface area contributed by atoms with Crippen molar-refractivity contribution in [1.29, 1.82) is 0 Å². The Labute approximate surface area is 216 Å². The highest BCUT2D eigenvalue weighted by molar-refractivity contribution is 5.99. The molecule has 11 heteroatoms. The molecule has 0 radical (unpaired) electrons. The van der Waals surface area contributed by atoms with Crippen molar-refractivity contribution < 1.29 is 32.6 Å². The van der Waals surface area contributed by atoms with E-state index in [1.54, 1.807) is 25.6 Å². The molecule has 0 bridgehead atoms.